The third-order valence-corrected chi connectivity index (χ3v) is 5.10. The Bertz CT molecular complexity index is 984. The van der Waals surface area contributed by atoms with Crippen molar-refractivity contribution in [2.75, 3.05) is 7.11 Å². The first-order valence-corrected chi connectivity index (χ1v) is 8.14. The molecule has 1 atom stereocenters. The molecule has 0 saturated heterocycles. The summed E-state index contributed by atoms with van der Waals surface area (Å²) >= 11 is 0. The summed E-state index contributed by atoms with van der Waals surface area (Å²) in [5.74, 6) is 0.236. The van der Waals surface area contributed by atoms with E-state index in [1.54, 1.807) is 13.2 Å². The number of nitrogens with one attached hydrogen (secondary N) is 1. The van der Waals surface area contributed by atoms with Crippen LogP contribution in [-0.2, 0) is 10.3 Å². The van der Waals surface area contributed by atoms with E-state index in [1.165, 1.54) is 0 Å². The van der Waals surface area contributed by atoms with Crippen LogP contribution in [0.3, 0.4) is 0 Å². The van der Waals surface area contributed by atoms with Crippen molar-refractivity contribution in [2.45, 2.75) is 38.6 Å². The van der Waals surface area contributed by atoms with Gasteiger partial charge in [-0.05, 0) is 43.9 Å². The van der Waals surface area contributed by atoms with Crippen LogP contribution in [0.25, 0.3) is 10.9 Å². The van der Waals surface area contributed by atoms with Gasteiger partial charge in [-0.2, -0.15) is 4.99 Å². The molecular formula is C18H19N3O4. The first-order valence-electron chi connectivity index (χ1n) is 8.14. The van der Waals surface area contributed by atoms with E-state index >= 15 is 0 Å². The van der Waals surface area contributed by atoms with Gasteiger partial charge >= 0.3 is 6.03 Å². The third-order valence-electron chi connectivity index (χ3n) is 5.10. The number of urea groups is 1. The second-order valence-electron chi connectivity index (χ2n) is 7.28. The molecule has 3 amide bonds. The van der Waals surface area contributed by atoms with Gasteiger partial charge in [0.1, 0.15) is 11.5 Å². The number of aromatic nitrogens is 1. The number of methoxy groups -OCH3 is 1. The number of carbonyl (C=O) groups excluding carboxylic acids is 2. The molecule has 0 saturated carbocycles. The third kappa shape index (κ3) is 2.01. The van der Waals surface area contributed by atoms with Crippen LogP contribution in [0.1, 0.15) is 44.2 Å². The molecule has 0 aliphatic carbocycles. The van der Waals surface area contributed by atoms with Crippen molar-refractivity contribution in [2.24, 2.45) is 4.99 Å². The fraction of sp³-hybridized carbons (Fsp3) is 0.389. The minimum Gasteiger partial charge on any atom is -0.497 e. The van der Waals surface area contributed by atoms with E-state index in [-0.39, 0.29) is 28.6 Å². The number of aliphatic imine (C=N–C) groups is 1. The van der Waals surface area contributed by atoms with Gasteiger partial charge in [0, 0.05) is 10.9 Å². The lowest BCUT2D eigenvalue weighted by molar-refractivity contribution is -0.113. The molecule has 2 aromatic rings. The zero-order valence-electron chi connectivity index (χ0n) is 14.5. The summed E-state index contributed by atoms with van der Waals surface area (Å²) in [5, 5.41) is 13.8. The van der Waals surface area contributed by atoms with Crippen molar-refractivity contribution in [1.82, 2.24) is 9.88 Å². The van der Waals surface area contributed by atoms with Gasteiger partial charge in [0.15, 0.2) is 0 Å². The summed E-state index contributed by atoms with van der Waals surface area (Å²) in [6.45, 7) is 6.22. The molecule has 2 aliphatic rings. The first-order chi connectivity index (χ1) is 11.7. The Balaban J connectivity index is 2.16. The molecule has 1 aromatic carbocycles. The van der Waals surface area contributed by atoms with Gasteiger partial charge in [-0.3, -0.25) is 10.1 Å². The highest BCUT2D eigenvalue weighted by molar-refractivity contribution is 6.53. The van der Waals surface area contributed by atoms with E-state index in [0.29, 0.717) is 11.1 Å². The van der Waals surface area contributed by atoms with Gasteiger partial charge < -0.3 is 14.4 Å². The highest BCUT2D eigenvalue weighted by Crippen LogP contribution is 2.49. The molecule has 7 nitrogen and oxygen atoms in total. The molecular weight excluding hydrogens is 322 g/mol. The van der Waals surface area contributed by atoms with Crippen molar-refractivity contribution in [1.29, 1.82) is 0 Å². The second kappa shape index (κ2) is 4.84. The summed E-state index contributed by atoms with van der Waals surface area (Å²) in [4.78, 5) is 27.4. The van der Waals surface area contributed by atoms with E-state index < -0.39 is 11.9 Å². The molecule has 25 heavy (non-hydrogen) atoms. The van der Waals surface area contributed by atoms with E-state index in [4.69, 9.17) is 4.74 Å². The van der Waals surface area contributed by atoms with Gasteiger partial charge in [-0.1, -0.05) is 6.92 Å². The van der Waals surface area contributed by atoms with Crippen LogP contribution < -0.4 is 10.1 Å². The highest BCUT2D eigenvalue weighted by atomic mass is 16.5. The molecule has 7 heteroatoms. The average Bonchev–Trinajstić information content (AvgIpc) is 3.00. The number of hydrogen-bond acceptors (Lipinski definition) is 4. The number of aromatic hydroxyl groups is 1. The van der Waals surface area contributed by atoms with Crippen molar-refractivity contribution in [3.63, 3.8) is 0 Å². The smallest absolute Gasteiger partial charge is 0.348 e. The lowest BCUT2D eigenvalue weighted by atomic mass is 9.82. The molecule has 0 radical (unpaired) electrons. The molecule has 0 spiro atoms. The molecule has 3 heterocycles. The maximum Gasteiger partial charge on any atom is 0.348 e. The number of carbonyl (C=O) groups is 2. The molecule has 1 unspecified atom stereocenters. The number of rotatable bonds is 2. The molecule has 1 aromatic heterocycles. The average molecular weight is 341 g/mol. The molecule has 4 rings (SSSR count). The van der Waals surface area contributed by atoms with Gasteiger partial charge in [0.05, 0.1) is 18.2 Å². The van der Waals surface area contributed by atoms with Crippen LogP contribution in [0.5, 0.6) is 11.6 Å². The highest BCUT2D eigenvalue weighted by Gasteiger charge is 2.39. The first kappa shape index (κ1) is 15.7. The van der Waals surface area contributed by atoms with Gasteiger partial charge in [0.25, 0.3) is 5.91 Å². The van der Waals surface area contributed by atoms with Crippen LogP contribution in [0.15, 0.2) is 17.1 Å². The lowest BCUT2D eigenvalue weighted by Gasteiger charge is -2.37. The van der Waals surface area contributed by atoms with Crippen LogP contribution in [0.4, 0.5) is 4.79 Å². The van der Waals surface area contributed by atoms with Gasteiger partial charge in [-0.15, -0.1) is 0 Å². The lowest BCUT2D eigenvalue weighted by Crippen LogP contribution is -2.31. The van der Waals surface area contributed by atoms with Crippen LogP contribution in [0.2, 0.25) is 0 Å². The summed E-state index contributed by atoms with van der Waals surface area (Å²) < 4.78 is 7.24. The van der Waals surface area contributed by atoms with Crippen LogP contribution in [-0.4, -0.2) is 34.4 Å². The molecule has 0 bridgehead atoms. The normalized spacial score (nSPS) is 21.4. The fourth-order valence-corrected chi connectivity index (χ4v) is 4.18. The Kier molecular flexibility index (Phi) is 3.04. The fourth-order valence-electron chi connectivity index (χ4n) is 4.18. The van der Waals surface area contributed by atoms with E-state index in [1.807, 2.05) is 24.5 Å². The maximum absolute atomic E-state index is 12.1. The Morgan fingerprint density at radius 1 is 1.36 bits per heavy atom. The van der Waals surface area contributed by atoms with Crippen molar-refractivity contribution < 1.29 is 19.4 Å². The summed E-state index contributed by atoms with van der Waals surface area (Å²) in [6.07, 6.45) is 0.821. The quantitative estimate of drug-likeness (QED) is 0.878. The Morgan fingerprint density at radius 2 is 2.08 bits per heavy atom. The Labute approximate surface area is 144 Å². The van der Waals surface area contributed by atoms with E-state index in [9.17, 15) is 14.7 Å². The topological polar surface area (TPSA) is 92.9 Å². The number of nitrogens with zero attached hydrogens (tertiary/aromatic N) is 2. The minimum absolute atomic E-state index is 0.0509. The standard InChI is InChI=1S/C18H19N3O4/c1-8-7-18(2,3)21-14-10(8)5-9(25-4)6-11(14)12(16(21)23)13-15(22)20-17(24)19-13/h5-6,8,23H,7H2,1-4H3,(H,20,22,24). The Morgan fingerprint density at radius 3 is 2.68 bits per heavy atom. The Hall–Kier alpha value is -2.83. The number of amides is 3. The summed E-state index contributed by atoms with van der Waals surface area (Å²) in [7, 11) is 1.57. The zero-order valence-corrected chi connectivity index (χ0v) is 14.5. The van der Waals surface area contributed by atoms with Crippen LogP contribution >= 0.6 is 0 Å². The van der Waals surface area contributed by atoms with Crippen molar-refractivity contribution in [3.8, 4) is 11.6 Å². The number of hydrogen-bond donors (Lipinski definition) is 2. The monoisotopic (exact) mass is 341 g/mol. The molecule has 2 N–H and O–H groups in total. The summed E-state index contributed by atoms with van der Waals surface area (Å²) in [6, 6.07) is 3.02. The van der Waals surface area contributed by atoms with Gasteiger partial charge in [0.2, 0.25) is 5.88 Å². The number of ether oxygens (including phenoxy) is 1. The molecule has 0 fully saturated rings. The van der Waals surface area contributed by atoms with E-state index in [2.05, 4.69) is 17.2 Å². The molecule has 130 valence electrons. The van der Waals surface area contributed by atoms with Crippen molar-refractivity contribution in [3.05, 3.63) is 23.3 Å². The zero-order chi connectivity index (χ0) is 18.1. The summed E-state index contributed by atoms with van der Waals surface area (Å²) in [5.41, 5.74) is 1.77. The minimum atomic E-state index is -0.717. The second-order valence-corrected chi connectivity index (χ2v) is 7.28. The largest absolute Gasteiger partial charge is 0.497 e. The SMILES string of the molecule is COc1cc2c3c(c1)c(C1=NC(=O)NC1=O)c(O)n3C(C)(C)CC2C. The predicted molar refractivity (Wildman–Crippen MR) is 92.6 cm³/mol. The number of imide groups is 1. The predicted octanol–water partition coefficient (Wildman–Crippen LogP) is 2.64. The van der Waals surface area contributed by atoms with E-state index in [0.717, 1.165) is 17.5 Å². The molecule has 2 aliphatic heterocycles. The van der Waals surface area contributed by atoms with Crippen molar-refractivity contribution >= 4 is 28.6 Å². The van der Waals surface area contributed by atoms with Crippen LogP contribution in [0, 0.1) is 0 Å². The van der Waals surface area contributed by atoms with Gasteiger partial charge in [-0.25, -0.2) is 4.79 Å². The number of benzene rings is 1. The maximum atomic E-state index is 12.1.